The summed E-state index contributed by atoms with van der Waals surface area (Å²) in [6.45, 7) is 0. The zero-order valence-electron chi connectivity index (χ0n) is 13.0. The maximum atomic E-state index is 5.48. The molecule has 3 aromatic rings. The number of rotatable bonds is 6. The summed E-state index contributed by atoms with van der Waals surface area (Å²) in [6, 6.07) is 5.80. The number of para-hydroxylation sites is 1. The van der Waals surface area contributed by atoms with Gasteiger partial charge in [-0.2, -0.15) is 0 Å². The van der Waals surface area contributed by atoms with Crippen molar-refractivity contribution in [2.24, 2.45) is 7.05 Å². The van der Waals surface area contributed by atoms with Gasteiger partial charge in [0.05, 0.1) is 25.5 Å². The van der Waals surface area contributed by atoms with Crippen LogP contribution in [0.5, 0.6) is 11.5 Å². The van der Waals surface area contributed by atoms with E-state index in [1.807, 2.05) is 29.8 Å². The summed E-state index contributed by atoms with van der Waals surface area (Å²) in [5.74, 6) is 2.15. The zero-order valence-corrected chi connectivity index (χ0v) is 14.6. The number of nitrogens with zero attached hydrogens (tertiary/aromatic N) is 4. The molecule has 3 rings (SSSR count). The summed E-state index contributed by atoms with van der Waals surface area (Å²) in [6.07, 6.45) is 1.69. The fourth-order valence-electron chi connectivity index (χ4n) is 2.09. The van der Waals surface area contributed by atoms with Gasteiger partial charge in [-0.05, 0) is 12.1 Å². The predicted molar refractivity (Wildman–Crippen MR) is 91.2 cm³/mol. The second kappa shape index (κ2) is 7.01. The van der Waals surface area contributed by atoms with Crippen LogP contribution in [0.4, 0.5) is 0 Å². The van der Waals surface area contributed by atoms with Crippen molar-refractivity contribution in [2.45, 2.75) is 10.9 Å². The third kappa shape index (κ3) is 3.32. The Bertz CT molecular complexity index is 800. The molecule has 0 unspecified atom stereocenters. The Kier molecular flexibility index (Phi) is 4.82. The van der Waals surface area contributed by atoms with Crippen LogP contribution in [0.2, 0.25) is 0 Å². The van der Waals surface area contributed by atoms with Crippen LogP contribution in [-0.4, -0.2) is 34.0 Å². The van der Waals surface area contributed by atoms with Gasteiger partial charge in [-0.15, -0.1) is 21.5 Å². The number of thioether (sulfide) groups is 1. The first-order chi connectivity index (χ1) is 11.2. The second-order valence-corrected chi connectivity index (χ2v) is 6.50. The van der Waals surface area contributed by atoms with Gasteiger partial charge in [0.1, 0.15) is 11.3 Å². The molecule has 0 amide bonds. The maximum absolute atomic E-state index is 5.48. The smallest absolute Gasteiger partial charge is 0.191 e. The Morgan fingerprint density at radius 3 is 2.83 bits per heavy atom. The topological polar surface area (TPSA) is 62.1 Å². The molecule has 23 heavy (non-hydrogen) atoms. The summed E-state index contributed by atoms with van der Waals surface area (Å²) < 4.78 is 12.7. The number of hydrogen-bond acceptors (Lipinski definition) is 7. The van der Waals surface area contributed by atoms with Gasteiger partial charge in [0, 0.05) is 18.2 Å². The first-order valence-electron chi connectivity index (χ1n) is 6.85. The molecule has 0 saturated heterocycles. The Hall–Kier alpha value is -2.06. The number of aromatic nitrogens is 4. The minimum Gasteiger partial charge on any atom is -0.493 e. The average molecular weight is 348 g/mol. The molecule has 0 aliphatic rings. The summed E-state index contributed by atoms with van der Waals surface area (Å²) in [5, 5.41) is 11.8. The molecule has 1 aromatic carbocycles. The highest BCUT2D eigenvalue weighted by Gasteiger charge is 2.15. The number of methoxy groups -OCH3 is 2. The maximum Gasteiger partial charge on any atom is 0.191 e. The highest BCUT2D eigenvalue weighted by Crippen LogP contribution is 2.39. The van der Waals surface area contributed by atoms with Gasteiger partial charge in [0.25, 0.3) is 0 Å². The van der Waals surface area contributed by atoms with Crippen molar-refractivity contribution in [1.29, 1.82) is 0 Å². The van der Waals surface area contributed by atoms with Gasteiger partial charge in [0.2, 0.25) is 0 Å². The first kappa shape index (κ1) is 15.8. The predicted octanol–water partition coefficient (Wildman–Crippen LogP) is 3.25. The van der Waals surface area contributed by atoms with E-state index in [4.69, 9.17) is 14.5 Å². The summed E-state index contributed by atoms with van der Waals surface area (Å²) in [7, 11) is 5.20. The molecule has 0 aliphatic carbocycles. The molecular weight excluding hydrogens is 332 g/mol. The Morgan fingerprint density at radius 2 is 2.13 bits per heavy atom. The SMILES string of the molecule is COc1cccc(-c2nc(CSc3nncn3C)cs2)c1OC. The monoisotopic (exact) mass is 348 g/mol. The van der Waals surface area contributed by atoms with Crippen LogP contribution in [0.25, 0.3) is 10.6 Å². The van der Waals surface area contributed by atoms with Crippen molar-refractivity contribution in [3.63, 3.8) is 0 Å². The van der Waals surface area contributed by atoms with Crippen molar-refractivity contribution in [2.75, 3.05) is 14.2 Å². The van der Waals surface area contributed by atoms with E-state index in [-0.39, 0.29) is 0 Å². The third-order valence-corrected chi connectivity index (χ3v) is 5.20. The van der Waals surface area contributed by atoms with Gasteiger partial charge in [-0.25, -0.2) is 4.98 Å². The van der Waals surface area contributed by atoms with Crippen LogP contribution in [0.15, 0.2) is 35.1 Å². The van der Waals surface area contributed by atoms with E-state index in [0.717, 1.165) is 27.2 Å². The van der Waals surface area contributed by atoms with Gasteiger partial charge >= 0.3 is 0 Å². The lowest BCUT2D eigenvalue weighted by molar-refractivity contribution is 0.356. The second-order valence-electron chi connectivity index (χ2n) is 4.70. The molecule has 2 aromatic heterocycles. The summed E-state index contributed by atoms with van der Waals surface area (Å²) >= 11 is 3.20. The largest absolute Gasteiger partial charge is 0.493 e. The number of benzene rings is 1. The third-order valence-electron chi connectivity index (χ3n) is 3.20. The molecule has 0 saturated carbocycles. The van der Waals surface area contributed by atoms with Crippen molar-refractivity contribution < 1.29 is 9.47 Å². The van der Waals surface area contributed by atoms with Crippen LogP contribution in [0.3, 0.4) is 0 Å². The van der Waals surface area contributed by atoms with E-state index in [9.17, 15) is 0 Å². The quantitative estimate of drug-likeness (QED) is 0.637. The van der Waals surface area contributed by atoms with Crippen LogP contribution in [-0.2, 0) is 12.8 Å². The molecule has 2 heterocycles. The van der Waals surface area contributed by atoms with Crippen molar-refractivity contribution in [3.05, 3.63) is 35.6 Å². The number of aryl methyl sites for hydroxylation is 1. The highest BCUT2D eigenvalue weighted by atomic mass is 32.2. The number of ether oxygens (including phenoxy) is 2. The summed E-state index contributed by atoms with van der Waals surface area (Å²) in [4.78, 5) is 4.70. The molecule has 0 spiro atoms. The van der Waals surface area contributed by atoms with Gasteiger partial charge in [0.15, 0.2) is 16.7 Å². The van der Waals surface area contributed by atoms with Gasteiger partial charge in [-0.3, -0.25) is 0 Å². The number of hydrogen-bond donors (Lipinski definition) is 0. The van der Waals surface area contributed by atoms with Crippen molar-refractivity contribution >= 4 is 23.1 Å². The fourth-order valence-corrected chi connectivity index (χ4v) is 3.82. The molecule has 6 nitrogen and oxygen atoms in total. The molecule has 0 atom stereocenters. The minimum absolute atomic E-state index is 0.704. The highest BCUT2D eigenvalue weighted by molar-refractivity contribution is 7.98. The molecule has 0 N–H and O–H groups in total. The molecule has 120 valence electrons. The van der Waals surface area contributed by atoms with E-state index < -0.39 is 0 Å². The summed E-state index contributed by atoms with van der Waals surface area (Å²) in [5.41, 5.74) is 1.94. The van der Waals surface area contributed by atoms with E-state index >= 15 is 0 Å². The van der Waals surface area contributed by atoms with E-state index in [2.05, 4.69) is 15.6 Å². The molecule has 0 fully saturated rings. The van der Waals surface area contributed by atoms with E-state index in [1.165, 1.54) is 0 Å². The van der Waals surface area contributed by atoms with Crippen molar-refractivity contribution in [1.82, 2.24) is 19.7 Å². The molecule has 0 radical (unpaired) electrons. The minimum atomic E-state index is 0.704. The number of thiazole rings is 1. The van der Waals surface area contributed by atoms with E-state index in [1.54, 1.807) is 43.6 Å². The Morgan fingerprint density at radius 1 is 1.26 bits per heavy atom. The normalized spacial score (nSPS) is 10.7. The van der Waals surface area contributed by atoms with Crippen LogP contribution in [0, 0.1) is 0 Å². The lowest BCUT2D eigenvalue weighted by Crippen LogP contribution is -1.93. The molecule has 0 aliphatic heterocycles. The molecule has 0 bridgehead atoms. The lowest BCUT2D eigenvalue weighted by atomic mass is 10.2. The van der Waals surface area contributed by atoms with Crippen LogP contribution < -0.4 is 9.47 Å². The molecule has 8 heteroatoms. The Labute approximate surface area is 142 Å². The van der Waals surface area contributed by atoms with Gasteiger partial charge in [-0.1, -0.05) is 17.8 Å². The molecular formula is C15H16N4O2S2. The van der Waals surface area contributed by atoms with Crippen LogP contribution in [0.1, 0.15) is 5.69 Å². The van der Waals surface area contributed by atoms with E-state index in [0.29, 0.717) is 11.5 Å². The van der Waals surface area contributed by atoms with Gasteiger partial charge < -0.3 is 14.0 Å². The fraction of sp³-hybridized carbons (Fsp3) is 0.267. The lowest BCUT2D eigenvalue weighted by Gasteiger charge is -2.10. The Balaban J connectivity index is 1.81. The average Bonchev–Trinajstić information content (AvgIpc) is 3.21. The zero-order chi connectivity index (χ0) is 16.2. The standard InChI is InChI=1S/C15H16N4O2S2/c1-19-9-16-18-15(19)23-8-10-7-22-14(17-10)11-5-4-6-12(20-2)13(11)21-3/h4-7,9H,8H2,1-3H3. The van der Waals surface area contributed by atoms with Crippen LogP contribution >= 0.6 is 23.1 Å². The van der Waals surface area contributed by atoms with Crippen molar-refractivity contribution in [3.8, 4) is 22.1 Å². The first-order valence-corrected chi connectivity index (χ1v) is 8.72.